The standard InChI is InChI=1S/C14H22BrFN2O2S/c1-4-7-17-10-11-8-12(15)9-13(14(11)16)21(19,20)18(5-2)6-3/h8-9,17H,4-7,10H2,1-3H3. The van der Waals surface area contributed by atoms with E-state index in [9.17, 15) is 12.8 Å². The molecule has 0 heterocycles. The van der Waals surface area contributed by atoms with Crippen molar-refractivity contribution in [3.63, 3.8) is 0 Å². The van der Waals surface area contributed by atoms with Crippen LogP contribution >= 0.6 is 15.9 Å². The van der Waals surface area contributed by atoms with E-state index in [4.69, 9.17) is 0 Å². The lowest BCUT2D eigenvalue weighted by molar-refractivity contribution is 0.438. The molecule has 1 rings (SSSR count). The molecule has 0 saturated heterocycles. The smallest absolute Gasteiger partial charge is 0.246 e. The minimum absolute atomic E-state index is 0.270. The highest BCUT2D eigenvalue weighted by Gasteiger charge is 2.27. The fourth-order valence-corrected chi connectivity index (χ4v) is 4.29. The van der Waals surface area contributed by atoms with Crippen molar-refractivity contribution in [1.82, 2.24) is 9.62 Å². The van der Waals surface area contributed by atoms with Gasteiger partial charge in [-0.2, -0.15) is 4.31 Å². The van der Waals surface area contributed by atoms with E-state index in [-0.39, 0.29) is 4.90 Å². The van der Waals surface area contributed by atoms with Crippen molar-refractivity contribution in [3.05, 3.63) is 28.0 Å². The predicted molar refractivity (Wildman–Crippen MR) is 86.2 cm³/mol. The molecule has 0 fully saturated rings. The second-order valence-electron chi connectivity index (χ2n) is 4.64. The van der Waals surface area contributed by atoms with Gasteiger partial charge in [0.2, 0.25) is 10.0 Å². The lowest BCUT2D eigenvalue weighted by atomic mass is 10.2. The predicted octanol–water partition coefficient (Wildman–Crippen LogP) is 3.12. The molecule has 0 atom stereocenters. The Morgan fingerprint density at radius 3 is 2.38 bits per heavy atom. The van der Waals surface area contributed by atoms with Crippen molar-refractivity contribution in [2.24, 2.45) is 0 Å². The van der Waals surface area contributed by atoms with Crippen molar-refractivity contribution >= 4 is 26.0 Å². The van der Waals surface area contributed by atoms with Gasteiger partial charge in [-0.3, -0.25) is 0 Å². The summed E-state index contributed by atoms with van der Waals surface area (Å²) in [6, 6.07) is 2.94. The SMILES string of the molecule is CCCNCc1cc(Br)cc(S(=O)(=O)N(CC)CC)c1F. The zero-order valence-corrected chi connectivity index (χ0v) is 15.0. The number of hydrogen-bond acceptors (Lipinski definition) is 3. The Kier molecular flexibility index (Phi) is 7.26. The molecule has 0 unspecified atom stereocenters. The van der Waals surface area contributed by atoms with E-state index in [0.29, 0.717) is 29.7 Å². The van der Waals surface area contributed by atoms with Crippen molar-refractivity contribution < 1.29 is 12.8 Å². The number of rotatable bonds is 8. The first-order chi connectivity index (χ1) is 9.88. The first kappa shape index (κ1) is 18.5. The van der Waals surface area contributed by atoms with Crippen LogP contribution in [0.25, 0.3) is 0 Å². The van der Waals surface area contributed by atoms with E-state index in [1.54, 1.807) is 19.9 Å². The van der Waals surface area contributed by atoms with Crippen molar-refractivity contribution in [2.75, 3.05) is 19.6 Å². The van der Waals surface area contributed by atoms with Crippen LogP contribution in [0.1, 0.15) is 32.8 Å². The van der Waals surface area contributed by atoms with Crippen LogP contribution in [0.3, 0.4) is 0 Å². The molecule has 0 radical (unpaired) electrons. The molecule has 0 aliphatic heterocycles. The van der Waals surface area contributed by atoms with Crippen LogP contribution in [0.4, 0.5) is 4.39 Å². The summed E-state index contributed by atoms with van der Waals surface area (Å²) < 4.78 is 41.3. The molecule has 0 aliphatic rings. The Hall–Kier alpha value is -0.500. The number of nitrogens with one attached hydrogen (secondary N) is 1. The van der Waals surface area contributed by atoms with E-state index in [1.165, 1.54) is 10.4 Å². The van der Waals surface area contributed by atoms with Crippen molar-refractivity contribution in [3.8, 4) is 0 Å². The zero-order chi connectivity index (χ0) is 16.0. The molecule has 0 aliphatic carbocycles. The number of benzene rings is 1. The van der Waals surface area contributed by atoms with Gasteiger partial charge in [-0.25, -0.2) is 12.8 Å². The summed E-state index contributed by atoms with van der Waals surface area (Å²) in [5.74, 6) is -0.672. The maximum Gasteiger partial charge on any atom is 0.246 e. The second kappa shape index (κ2) is 8.22. The summed E-state index contributed by atoms with van der Waals surface area (Å²) in [5, 5.41) is 3.09. The molecule has 1 aromatic rings. The summed E-state index contributed by atoms with van der Waals surface area (Å²) in [6.07, 6.45) is 0.931. The quantitative estimate of drug-likeness (QED) is 0.704. The van der Waals surface area contributed by atoms with Gasteiger partial charge < -0.3 is 5.32 Å². The van der Waals surface area contributed by atoms with Gasteiger partial charge in [-0.05, 0) is 25.1 Å². The number of nitrogens with zero attached hydrogens (tertiary/aromatic N) is 1. The molecule has 21 heavy (non-hydrogen) atoms. The Labute approximate surface area is 134 Å². The Morgan fingerprint density at radius 2 is 1.86 bits per heavy atom. The monoisotopic (exact) mass is 380 g/mol. The van der Waals surface area contributed by atoms with Crippen LogP contribution in [-0.2, 0) is 16.6 Å². The summed E-state index contributed by atoms with van der Waals surface area (Å²) in [7, 11) is -3.81. The van der Waals surface area contributed by atoms with E-state index < -0.39 is 15.8 Å². The highest BCUT2D eigenvalue weighted by atomic mass is 79.9. The van der Waals surface area contributed by atoms with Crippen molar-refractivity contribution in [2.45, 2.75) is 38.6 Å². The first-order valence-electron chi connectivity index (χ1n) is 7.07. The average molecular weight is 381 g/mol. The topological polar surface area (TPSA) is 49.4 Å². The Morgan fingerprint density at radius 1 is 1.24 bits per heavy atom. The summed E-state index contributed by atoms with van der Waals surface area (Å²) >= 11 is 3.26. The van der Waals surface area contributed by atoms with Gasteiger partial charge in [0, 0.05) is 29.7 Å². The summed E-state index contributed by atoms with van der Waals surface area (Å²) in [4.78, 5) is -0.270. The third-order valence-electron chi connectivity index (χ3n) is 3.14. The minimum Gasteiger partial charge on any atom is -0.313 e. The van der Waals surface area contributed by atoms with E-state index in [2.05, 4.69) is 21.2 Å². The van der Waals surface area contributed by atoms with E-state index in [1.807, 2.05) is 6.92 Å². The number of sulfonamides is 1. The zero-order valence-electron chi connectivity index (χ0n) is 12.6. The molecule has 4 nitrogen and oxygen atoms in total. The van der Waals surface area contributed by atoms with Gasteiger partial charge in [0.05, 0.1) is 0 Å². The summed E-state index contributed by atoms with van der Waals surface area (Å²) in [5.41, 5.74) is 0.351. The second-order valence-corrected chi connectivity index (χ2v) is 7.47. The van der Waals surface area contributed by atoms with E-state index >= 15 is 0 Å². The highest BCUT2D eigenvalue weighted by Crippen LogP contribution is 2.26. The fourth-order valence-electron chi connectivity index (χ4n) is 2.04. The fraction of sp³-hybridized carbons (Fsp3) is 0.571. The number of hydrogen-bond donors (Lipinski definition) is 1. The summed E-state index contributed by atoms with van der Waals surface area (Å²) in [6.45, 7) is 7.17. The molecule has 120 valence electrons. The van der Waals surface area contributed by atoms with Gasteiger partial charge in [0.1, 0.15) is 10.7 Å². The molecule has 0 bridgehead atoms. The van der Waals surface area contributed by atoms with Gasteiger partial charge in [0.25, 0.3) is 0 Å². The van der Waals surface area contributed by atoms with Crippen LogP contribution in [-0.4, -0.2) is 32.4 Å². The third-order valence-corrected chi connectivity index (χ3v) is 5.65. The molecule has 0 aromatic heterocycles. The third kappa shape index (κ3) is 4.48. The minimum atomic E-state index is -3.81. The normalized spacial score (nSPS) is 12.1. The van der Waals surface area contributed by atoms with Gasteiger partial charge in [-0.15, -0.1) is 0 Å². The van der Waals surface area contributed by atoms with Crippen LogP contribution in [0.5, 0.6) is 0 Å². The molecule has 1 aromatic carbocycles. The average Bonchev–Trinajstić information content (AvgIpc) is 2.43. The number of halogens is 2. The lowest BCUT2D eigenvalue weighted by Crippen LogP contribution is -2.31. The molecular formula is C14H22BrFN2O2S. The molecule has 1 N–H and O–H groups in total. The van der Waals surface area contributed by atoms with Crippen LogP contribution in [0.2, 0.25) is 0 Å². The maximum atomic E-state index is 14.5. The van der Waals surface area contributed by atoms with Crippen LogP contribution in [0.15, 0.2) is 21.5 Å². The maximum absolute atomic E-state index is 14.5. The largest absolute Gasteiger partial charge is 0.313 e. The molecular weight excluding hydrogens is 359 g/mol. The molecule has 0 saturated carbocycles. The molecule has 7 heteroatoms. The van der Waals surface area contributed by atoms with Gasteiger partial charge in [-0.1, -0.05) is 36.7 Å². The molecule has 0 amide bonds. The first-order valence-corrected chi connectivity index (χ1v) is 9.30. The van der Waals surface area contributed by atoms with Crippen molar-refractivity contribution in [1.29, 1.82) is 0 Å². The van der Waals surface area contributed by atoms with Crippen LogP contribution in [0, 0.1) is 5.82 Å². The Bertz CT molecular complexity index is 575. The van der Waals surface area contributed by atoms with E-state index in [0.717, 1.165) is 13.0 Å². The lowest BCUT2D eigenvalue weighted by Gasteiger charge is -2.20. The molecule has 0 spiro atoms. The van der Waals surface area contributed by atoms with Gasteiger partial charge >= 0.3 is 0 Å². The highest BCUT2D eigenvalue weighted by molar-refractivity contribution is 9.10. The Balaban J connectivity index is 3.24. The van der Waals surface area contributed by atoms with Crippen LogP contribution < -0.4 is 5.32 Å². The van der Waals surface area contributed by atoms with Gasteiger partial charge in [0.15, 0.2) is 0 Å².